The average Bonchev–Trinajstić information content (AvgIpc) is 2.78. The molecular weight excluding hydrogens is 408 g/mol. The lowest BCUT2D eigenvalue weighted by molar-refractivity contribution is 0.189. The summed E-state index contributed by atoms with van der Waals surface area (Å²) in [6.07, 6.45) is -1.06. The Balaban J connectivity index is 2.12. The summed E-state index contributed by atoms with van der Waals surface area (Å²) in [4.78, 5) is 3.98. The summed E-state index contributed by atoms with van der Waals surface area (Å²) in [5, 5.41) is 20.3. The second kappa shape index (κ2) is 10.9. The van der Waals surface area contributed by atoms with Gasteiger partial charge < -0.3 is 20.0 Å². The average molecular weight is 447 g/mol. The summed E-state index contributed by atoms with van der Waals surface area (Å²) >= 11 is 0. The van der Waals surface area contributed by atoms with Gasteiger partial charge in [-0.05, 0) is 93.6 Å². The number of anilines is 2. The molecule has 0 saturated heterocycles. The monoisotopic (exact) mass is 446 g/mol. The van der Waals surface area contributed by atoms with Crippen molar-refractivity contribution < 1.29 is 10.2 Å². The van der Waals surface area contributed by atoms with E-state index in [4.69, 9.17) is 0 Å². The van der Waals surface area contributed by atoms with Crippen LogP contribution in [0.2, 0.25) is 0 Å². The van der Waals surface area contributed by atoms with Crippen molar-refractivity contribution in [2.24, 2.45) is 0 Å². The summed E-state index contributed by atoms with van der Waals surface area (Å²) in [6.45, 7) is 13.5. The maximum Gasteiger partial charge on any atom is 0.124 e. The Kier molecular flexibility index (Phi) is 8.17. The van der Waals surface area contributed by atoms with Gasteiger partial charge in [0.1, 0.15) is 12.5 Å². The van der Waals surface area contributed by atoms with Gasteiger partial charge in [0.2, 0.25) is 0 Å². The van der Waals surface area contributed by atoms with E-state index < -0.39 is 12.5 Å². The molecule has 0 spiro atoms. The highest BCUT2D eigenvalue weighted by Crippen LogP contribution is 2.38. The van der Waals surface area contributed by atoms with Crippen molar-refractivity contribution in [1.82, 2.24) is 0 Å². The third-order valence-corrected chi connectivity index (χ3v) is 6.51. The van der Waals surface area contributed by atoms with Crippen molar-refractivity contribution in [3.63, 3.8) is 0 Å². The first-order chi connectivity index (χ1) is 15.8. The number of nitrogens with zero attached hydrogens (tertiary/aromatic N) is 2. The SMILES string of the molecule is CCN(c1ccc(C(c2ccccc2)c2ccc(N(CC)C(C)O)cc2C)c(C)c1)C(C)O. The predicted molar refractivity (Wildman–Crippen MR) is 139 cm³/mol. The predicted octanol–water partition coefficient (Wildman–Crippen LogP) is 5.81. The molecular formula is C29H38N2O2. The first-order valence-corrected chi connectivity index (χ1v) is 11.9. The zero-order valence-electron chi connectivity index (χ0n) is 20.8. The lowest BCUT2D eigenvalue weighted by Crippen LogP contribution is -2.32. The minimum atomic E-state index is -0.532. The zero-order valence-corrected chi connectivity index (χ0v) is 20.8. The topological polar surface area (TPSA) is 46.9 Å². The maximum absolute atomic E-state index is 10.2. The van der Waals surface area contributed by atoms with Crippen molar-refractivity contribution in [1.29, 1.82) is 0 Å². The summed E-state index contributed by atoms with van der Waals surface area (Å²) in [5.41, 5.74) is 8.21. The van der Waals surface area contributed by atoms with Gasteiger partial charge in [0, 0.05) is 30.4 Å². The molecule has 0 aliphatic rings. The van der Waals surface area contributed by atoms with E-state index in [0.717, 1.165) is 24.5 Å². The standard InChI is InChI=1S/C29H38N2O2/c1-7-30(22(5)32)25-14-16-27(20(3)18-25)29(24-12-10-9-11-13-24)28-17-15-26(19-21(28)4)31(8-2)23(6)33/h9-19,22-23,29,32-33H,7-8H2,1-6H3. The molecule has 176 valence electrons. The Bertz CT molecular complexity index is 981. The number of hydrogen-bond acceptors (Lipinski definition) is 4. The summed E-state index contributed by atoms with van der Waals surface area (Å²) in [5.74, 6) is 0.0950. The van der Waals surface area contributed by atoms with Gasteiger partial charge in [-0.1, -0.05) is 42.5 Å². The normalized spacial score (nSPS) is 13.9. The van der Waals surface area contributed by atoms with Gasteiger partial charge in [0.15, 0.2) is 0 Å². The Morgan fingerprint density at radius 3 is 1.42 bits per heavy atom. The Morgan fingerprint density at radius 2 is 1.09 bits per heavy atom. The molecule has 2 atom stereocenters. The molecule has 0 aliphatic carbocycles. The smallest absolute Gasteiger partial charge is 0.124 e. The molecule has 0 aliphatic heterocycles. The second-order valence-corrected chi connectivity index (χ2v) is 8.76. The van der Waals surface area contributed by atoms with E-state index in [1.54, 1.807) is 13.8 Å². The van der Waals surface area contributed by atoms with Crippen LogP contribution in [0.3, 0.4) is 0 Å². The van der Waals surface area contributed by atoms with Crippen molar-refractivity contribution in [2.45, 2.75) is 59.9 Å². The maximum atomic E-state index is 10.2. The molecule has 4 heteroatoms. The second-order valence-electron chi connectivity index (χ2n) is 8.76. The number of rotatable bonds is 9. The van der Waals surface area contributed by atoms with E-state index in [1.807, 2.05) is 9.80 Å². The van der Waals surface area contributed by atoms with Gasteiger partial charge in [-0.25, -0.2) is 0 Å². The molecule has 2 unspecified atom stereocenters. The van der Waals surface area contributed by atoms with Gasteiger partial charge in [0.05, 0.1) is 0 Å². The number of aliphatic hydroxyl groups excluding tert-OH is 2. The minimum absolute atomic E-state index is 0.0950. The molecule has 0 heterocycles. The van der Waals surface area contributed by atoms with Gasteiger partial charge in [0.25, 0.3) is 0 Å². The third-order valence-electron chi connectivity index (χ3n) is 6.51. The Hall–Kier alpha value is -2.82. The molecule has 0 bridgehead atoms. The van der Waals surface area contributed by atoms with Crippen LogP contribution >= 0.6 is 0 Å². The molecule has 0 radical (unpaired) electrons. The zero-order chi connectivity index (χ0) is 24.1. The van der Waals surface area contributed by atoms with Crippen LogP contribution in [-0.2, 0) is 0 Å². The van der Waals surface area contributed by atoms with E-state index in [-0.39, 0.29) is 5.92 Å². The molecule has 0 aromatic heterocycles. The lowest BCUT2D eigenvalue weighted by atomic mass is 9.81. The van der Waals surface area contributed by atoms with E-state index in [0.29, 0.717) is 0 Å². The number of benzene rings is 3. The first kappa shape index (κ1) is 24.8. The molecule has 3 aromatic carbocycles. The van der Waals surface area contributed by atoms with Crippen LogP contribution in [0, 0.1) is 13.8 Å². The highest BCUT2D eigenvalue weighted by molar-refractivity contribution is 5.58. The summed E-state index contributed by atoms with van der Waals surface area (Å²) in [6, 6.07) is 23.6. The van der Waals surface area contributed by atoms with Crippen LogP contribution in [0.5, 0.6) is 0 Å². The molecule has 0 saturated carbocycles. The van der Waals surface area contributed by atoms with Crippen LogP contribution in [0.25, 0.3) is 0 Å². The Morgan fingerprint density at radius 1 is 0.667 bits per heavy atom. The first-order valence-electron chi connectivity index (χ1n) is 11.9. The van der Waals surface area contributed by atoms with Crippen LogP contribution < -0.4 is 9.80 Å². The van der Waals surface area contributed by atoms with Gasteiger partial charge in [-0.3, -0.25) is 0 Å². The van der Waals surface area contributed by atoms with E-state index in [9.17, 15) is 10.2 Å². The largest absolute Gasteiger partial charge is 0.374 e. The van der Waals surface area contributed by atoms with E-state index in [2.05, 4.69) is 94.4 Å². The molecule has 0 fully saturated rings. The van der Waals surface area contributed by atoms with Crippen LogP contribution in [-0.4, -0.2) is 35.8 Å². The molecule has 33 heavy (non-hydrogen) atoms. The van der Waals surface area contributed by atoms with Crippen LogP contribution in [0.15, 0.2) is 66.7 Å². The summed E-state index contributed by atoms with van der Waals surface area (Å²) in [7, 11) is 0. The number of hydrogen-bond donors (Lipinski definition) is 2. The van der Waals surface area contributed by atoms with Gasteiger partial charge in [-0.2, -0.15) is 0 Å². The Labute approximate surface area is 199 Å². The third kappa shape index (κ3) is 5.40. The van der Waals surface area contributed by atoms with Crippen molar-refractivity contribution >= 4 is 11.4 Å². The fourth-order valence-corrected chi connectivity index (χ4v) is 4.82. The molecule has 3 aromatic rings. The number of aryl methyl sites for hydroxylation is 2. The molecule has 3 rings (SSSR count). The molecule has 0 amide bonds. The van der Waals surface area contributed by atoms with Crippen LogP contribution in [0.4, 0.5) is 11.4 Å². The fraction of sp³-hybridized carbons (Fsp3) is 0.379. The summed E-state index contributed by atoms with van der Waals surface area (Å²) < 4.78 is 0. The minimum Gasteiger partial charge on any atom is -0.374 e. The van der Waals surface area contributed by atoms with Gasteiger partial charge >= 0.3 is 0 Å². The highest BCUT2D eigenvalue weighted by atomic mass is 16.3. The van der Waals surface area contributed by atoms with Crippen molar-refractivity contribution in [3.05, 3.63) is 94.5 Å². The van der Waals surface area contributed by atoms with Crippen LogP contribution in [0.1, 0.15) is 61.4 Å². The lowest BCUT2D eigenvalue weighted by Gasteiger charge is -2.30. The number of aliphatic hydroxyl groups is 2. The quantitative estimate of drug-likeness (QED) is 0.321. The highest BCUT2D eigenvalue weighted by Gasteiger charge is 2.22. The fourth-order valence-electron chi connectivity index (χ4n) is 4.82. The molecule has 4 nitrogen and oxygen atoms in total. The van der Waals surface area contributed by atoms with E-state index >= 15 is 0 Å². The molecule has 2 N–H and O–H groups in total. The van der Waals surface area contributed by atoms with E-state index in [1.165, 1.54) is 27.8 Å². The van der Waals surface area contributed by atoms with Crippen molar-refractivity contribution in [2.75, 3.05) is 22.9 Å². The van der Waals surface area contributed by atoms with Crippen molar-refractivity contribution in [3.8, 4) is 0 Å². The van der Waals surface area contributed by atoms with Gasteiger partial charge in [-0.15, -0.1) is 0 Å².